The summed E-state index contributed by atoms with van der Waals surface area (Å²) in [5.41, 5.74) is 1.71. The molecule has 128 valence electrons. The van der Waals surface area contributed by atoms with Crippen molar-refractivity contribution in [3.63, 3.8) is 0 Å². The number of phenols is 1. The van der Waals surface area contributed by atoms with E-state index in [1.165, 1.54) is 0 Å². The fourth-order valence-electron chi connectivity index (χ4n) is 2.44. The van der Waals surface area contributed by atoms with Crippen LogP contribution >= 0.6 is 12.2 Å². The summed E-state index contributed by atoms with van der Waals surface area (Å²) in [5, 5.41) is 10.3. The Morgan fingerprint density at radius 2 is 1.75 bits per heavy atom. The number of methoxy groups -OCH3 is 2. The van der Waals surface area contributed by atoms with Crippen LogP contribution in [-0.4, -0.2) is 30.8 Å². The van der Waals surface area contributed by atoms with E-state index in [0.29, 0.717) is 35.0 Å². The summed E-state index contributed by atoms with van der Waals surface area (Å²) >= 11 is 5.51. The Morgan fingerprint density at radius 3 is 2.33 bits per heavy atom. The standard InChI is InChI=1S/C19H22O4S/c1-4-23-15-11-16(20)19(17(12-15)22-3)18(24)10-7-13-5-8-14(21-2)9-6-13/h5-6,8-9,11-12,20H,4,7,10H2,1-3H3. The summed E-state index contributed by atoms with van der Waals surface area (Å²) in [6, 6.07) is 11.2. The van der Waals surface area contributed by atoms with Gasteiger partial charge < -0.3 is 19.3 Å². The maximum absolute atomic E-state index is 10.3. The van der Waals surface area contributed by atoms with Gasteiger partial charge >= 0.3 is 0 Å². The molecule has 0 aromatic heterocycles. The first-order valence-electron chi connectivity index (χ1n) is 7.79. The van der Waals surface area contributed by atoms with E-state index in [2.05, 4.69) is 0 Å². The molecule has 0 heterocycles. The topological polar surface area (TPSA) is 47.9 Å². The molecule has 0 saturated heterocycles. The van der Waals surface area contributed by atoms with E-state index in [1.54, 1.807) is 26.4 Å². The molecule has 0 saturated carbocycles. The van der Waals surface area contributed by atoms with Gasteiger partial charge in [0, 0.05) is 17.0 Å². The molecular weight excluding hydrogens is 324 g/mol. The highest BCUT2D eigenvalue weighted by molar-refractivity contribution is 7.80. The van der Waals surface area contributed by atoms with E-state index in [0.717, 1.165) is 17.7 Å². The number of hydrogen-bond acceptors (Lipinski definition) is 5. The first-order valence-corrected chi connectivity index (χ1v) is 8.19. The van der Waals surface area contributed by atoms with Gasteiger partial charge in [0.05, 0.1) is 26.4 Å². The number of hydrogen-bond donors (Lipinski definition) is 1. The van der Waals surface area contributed by atoms with Gasteiger partial charge in [-0.05, 0) is 37.5 Å². The van der Waals surface area contributed by atoms with Crippen molar-refractivity contribution in [3.8, 4) is 23.0 Å². The Morgan fingerprint density at radius 1 is 1.04 bits per heavy atom. The third-order valence-corrected chi connectivity index (χ3v) is 4.07. The van der Waals surface area contributed by atoms with Crippen LogP contribution in [0.15, 0.2) is 36.4 Å². The number of thiocarbonyl (C=S) groups is 1. The normalized spacial score (nSPS) is 10.3. The molecule has 0 fully saturated rings. The van der Waals surface area contributed by atoms with Gasteiger partial charge in [-0.25, -0.2) is 0 Å². The molecule has 0 radical (unpaired) electrons. The van der Waals surface area contributed by atoms with Gasteiger partial charge in [-0.1, -0.05) is 24.4 Å². The molecule has 0 amide bonds. The molecule has 0 aliphatic heterocycles. The molecule has 0 bridgehead atoms. The molecule has 24 heavy (non-hydrogen) atoms. The molecule has 0 aliphatic rings. The molecule has 2 rings (SSSR count). The molecule has 0 aliphatic carbocycles. The minimum Gasteiger partial charge on any atom is -0.507 e. The lowest BCUT2D eigenvalue weighted by atomic mass is 10.0. The van der Waals surface area contributed by atoms with Crippen LogP contribution in [0.4, 0.5) is 0 Å². The van der Waals surface area contributed by atoms with Gasteiger partial charge in [0.15, 0.2) is 0 Å². The number of aromatic hydroxyl groups is 1. The van der Waals surface area contributed by atoms with Crippen molar-refractivity contribution in [2.24, 2.45) is 0 Å². The average Bonchev–Trinajstić information content (AvgIpc) is 2.59. The van der Waals surface area contributed by atoms with Crippen LogP contribution in [0.5, 0.6) is 23.0 Å². The van der Waals surface area contributed by atoms with E-state index in [4.69, 9.17) is 26.4 Å². The maximum Gasteiger partial charge on any atom is 0.134 e. The highest BCUT2D eigenvalue weighted by Gasteiger charge is 2.16. The molecule has 0 atom stereocenters. The summed E-state index contributed by atoms with van der Waals surface area (Å²) in [4.78, 5) is 0.656. The third kappa shape index (κ3) is 4.38. The smallest absolute Gasteiger partial charge is 0.134 e. The van der Waals surface area contributed by atoms with Crippen molar-refractivity contribution >= 4 is 17.1 Å². The largest absolute Gasteiger partial charge is 0.507 e. The lowest BCUT2D eigenvalue weighted by Crippen LogP contribution is -2.04. The maximum atomic E-state index is 10.3. The van der Waals surface area contributed by atoms with E-state index in [-0.39, 0.29) is 5.75 Å². The Labute approximate surface area is 148 Å². The van der Waals surface area contributed by atoms with Crippen molar-refractivity contribution in [1.82, 2.24) is 0 Å². The summed E-state index contributed by atoms with van der Waals surface area (Å²) in [7, 11) is 3.20. The van der Waals surface area contributed by atoms with E-state index >= 15 is 0 Å². The van der Waals surface area contributed by atoms with Crippen LogP contribution < -0.4 is 14.2 Å². The molecule has 2 aromatic carbocycles. The van der Waals surface area contributed by atoms with Gasteiger partial charge in [0.25, 0.3) is 0 Å². The molecule has 0 spiro atoms. The lowest BCUT2D eigenvalue weighted by Gasteiger charge is -2.14. The Kier molecular flexibility index (Phi) is 6.44. The zero-order chi connectivity index (χ0) is 17.5. The van der Waals surface area contributed by atoms with Crippen molar-refractivity contribution in [2.75, 3.05) is 20.8 Å². The number of benzene rings is 2. The first kappa shape index (κ1) is 18.1. The SMILES string of the molecule is CCOc1cc(O)c(C(=S)CCc2ccc(OC)cc2)c(OC)c1. The first-order chi connectivity index (χ1) is 11.6. The zero-order valence-corrected chi connectivity index (χ0v) is 15.0. The summed E-state index contributed by atoms with van der Waals surface area (Å²) < 4.78 is 15.9. The monoisotopic (exact) mass is 346 g/mol. The van der Waals surface area contributed by atoms with Crippen molar-refractivity contribution < 1.29 is 19.3 Å². The predicted molar refractivity (Wildman–Crippen MR) is 98.8 cm³/mol. The van der Waals surface area contributed by atoms with Crippen LogP contribution in [-0.2, 0) is 6.42 Å². The molecule has 5 heteroatoms. The lowest BCUT2D eigenvalue weighted by molar-refractivity contribution is 0.332. The second-order valence-electron chi connectivity index (χ2n) is 5.22. The highest BCUT2D eigenvalue weighted by atomic mass is 32.1. The van der Waals surface area contributed by atoms with Crippen LogP contribution in [0.2, 0.25) is 0 Å². The fourth-order valence-corrected chi connectivity index (χ4v) is 2.75. The summed E-state index contributed by atoms with van der Waals surface area (Å²) in [5.74, 6) is 2.00. The minimum atomic E-state index is 0.0810. The van der Waals surface area contributed by atoms with Gasteiger partial charge in [0.1, 0.15) is 23.0 Å². The number of phenolic OH excluding ortho intramolecular Hbond substituents is 1. The molecule has 4 nitrogen and oxygen atoms in total. The van der Waals surface area contributed by atoms with Crippen LogP contribution in [0.3, 0.4) is 0 Å². The van der Waals surface area contributed by atoms with Crippen molar-refractivity contribution in [3.05, 3.63) is 47.5 Å². The van der Waals surface area contributed by atoms with Crippen LogP contribution in [0, 0.1) is 0 Å². The van der Waals surface area contributed by atoms with E-state index in [1.807, 2.05) is 31.2 Å². The quantitative estimate of drug-likeness (QED) is 0.574. The predicted octanol–water partition coefficient (Wildman–Crippen LogP) is 4.16. The van der Waals surface area contributed by atoms with E-state index in [9.17, 15) is 5.11 Å². The summed E-state index contributed by atoms with van der Waals surface area (Å²) in [6.45, 7) is 2.40. The van der Waals surface area contributed by atoms with Crippen LogP contribution in [0.1, 0.15) is 24.5 Å². The number of rotatable bonds is 8. The molecule has 2 aromatic rings. The Balaban J connectivity index is 2.13. The second-order valence-corrected chi connectivity index (χ2v) is 5.72. The fraction of sp³-hybridized carbons (Fsp3) is 0.316. The van der Waals surface area contributed by atoms with Crippen LogP contribution in [0.25, 0.3) is 0 Å². The Hall–Kier alpha value is -2.27. The van der Waals surface area contributed by atoms with Gasteiger partial charge in [0.2, 0.25) is 0 Å². The Bertz CT molecular complexity index is 695. The number of ether oxygens (including phenoxy) is 3. The average molecular weight is 346 g/mol. The number of aryl methyl sites for hydroxylation is 1. The third-order valence-electron chi connectivity index (χ3n) is 3.66. The molecular formula is C19H22O4S. The molecule has 0 unspecified atom stereocenters. The van der Waals surface area contributed by atoms with E-state index < -0.39 is 0 Å². The zero-order valence-electron chi connectivity index (χ0n) is 14.2. The highest BCUT2D eigenvalue weighted by Crippen LogP contribution is 2.35. The van der Waals surface area contributed by atoms with Gasteiger partial charge in [-0.2, -0.15) is 0 Å². The minimum absolute atomic E-state index is 0.0810. The van der Waals surface area contributed by atoms with Crippen molar-refractivity contribution in [2.45, 2.75) is 19.8 Å². The second kappa shape index (κ2) is 8.55. The van der Waals surface area contributed by atoms with Gasteiger partial charge in [-0.15, -0.1) is 0 Å². The van der Waals surface area contributed by atoms with Crippen molar-refractivity contribution in [1.29, 1.82) is 0 Å². The van der Waals surface area contributed by atoms with Gasteiger partial charge in [-0.3, -0.25) is 0 Å². The summed E-state index contributed by atoms with van der Waals surface area (Å²) in [6.07, 6.45) is 1.41. The molecule has 1 N–H and O–H groups in total.